The van der Waals surface area contributed by atoms with Gasteiger partial charge in [-0.2, -0.15) is 0 Å². The molecule has 3 heteroatoms. The summed E-state index contributed by atoms with van der Waals surface area (Å²) in [4.78, 5) is 7.83. The minimum Gasteiger partial charge on any atom is -0.383 e. The Kier molecular flexibility index (Phi) is 2.80. The van der Waals surface area contributed by atoms with Gasteiger partial charge in [-0.15, -0.1) is 0 Å². The van der Waals surface area contributed by atoms with Crippen LogP contribution in [0.25, 0.3) is 0 Å². The molecule has 3 nitrogen and oxygen atoms in total. The van der Waals surface area contributed by atoms with Crippen LogP contribution in [-0.2, 0) is 0 Å². The molecule has 12 heavy (non-hydrogen) atoms. The first-order chi connectivity index (χ1) is 5.74. The van der Waals surface area contributed by atoms with Crippen molar-refractivity contribution in [2.75, 3.05) is 6.54 Å². The fourth-order valence-corrected chi connectivity index (χ4v) is 0.955. The molecule has 0 fully saturated rings. The second-order valence-corrected chi connectivity index (χ2v) is 2.83. The van der Waals surface area contributed by atoms with Crippen LogP contribution >= 0.6 is 0 Å². The molecule has 0 aliphatic carbocycles. The number of nitrogens with two attached hydrogens (primary N) is 1. The quantitative estimate of drug-likeness (QED) is 0.579. The zero-order valence-electron chi connectivity index (χ0n) is 7.20. The second-order valence-electron chi connectivity index (χ2n) is 2.83. The van der Waals surface area contributed by atoms with E-state index in [2.05, 4.69) is 29.7 Å². The number of hydrogen-bond donors (Lipinski definition) is 1. The van der Waals surface area contributed by atoms with Crippen LogP contribution in [0.2, 0.25) is 0 Å². The highest BCUT2D eigenvalue weighted by molar-refractivity contribution is 5.99. The Morgan fingerprint density at radius 1 is 1.83 bits per heavy atom. The van der Waals surface area contributed by atoms with E-state index in [9.17, 15) is 0 Å². The Morgan fingerprint density at radius 2 is 2.58 bits per heavy atom. The number of nitrogens with zero attached hydrogens (tertiary/aromatic N) is 2. The van der Waals surface area contributed by atoms with Crippen LogP contribution in [0, 0.1) is 5.92 Å². The first-order valence-electron chi connectivity index (χ1n) is 3.88. The van der Waals surface area contributed by atoms with Crippen LogP contribution in [0.15, 0.2) is 33.9 Å². The van der Waals surface area contributed by atoms with Crippen molar-refractivity contribution in [3.8, 4) is 0 Å². The van der Waals surface area contributed by atoms with Crippen LogP contribution in [0.5, 0.6) is 0 Å². The maximum Gasteiger partial charge on any atom is 0.127 e. The van der Waals surface area contributed by atoms with Gasteiger partial charge in [0.05, 0.1) is 0 Å². The van der Waals surface area contributed by atoms with Gasteiger partial charge in [-0.3, -0.25) is 9.98 Å². The normalized spacial score (nSPS) is 26.6. The lowest BCUT2D eigenvalue weighted by Gasteiger charge is -1.97. The highest BCUT2D eigenvalue weighted by Crippen LogP contribution is 2.08. The monoisotopic (exact) mass is 163 g/mol. The van der Waals surface area contributed by atoms with Crippen molar-refractivity contribution >= 4 is 12.6 Å². The summed E-state index contributed by atoms with van der Waals surface area (Å²) >= 11 is 0. The van der Waals surface area contributed by atoms with Crippen LogP contribution in [-0.4, -0.2) is 19.1 Å². The van der Waals surface area contributed by atoms with Gasteiger partial charge in [-0.05, 0) is 12.6 Å². The Labute approximate surface area is 72.4 Å². The Hall–Kier alpha value is -1.38. The van der Waals surface area contributed by atoms with Crippen molar-refractivity contribution in [2.45, 2.75) is 6.92 Å². The third-order valence-corrected chi connectivity index (χ3v) is 1.68. The first kappa shape index (κ1) is 8.71. The molecule has 0 spiro atoms. The molecule has 1 unspecified atom stereocenters. The molecule has 0 amide bonds. The van der Waals surface area contributed by atoms with Gasteiger partial charge in [0.15, 0.2) is 0 Å². The zero-order chi connectivity index (χ0) is 8.97. The summed E-state index contributed by atoms with van der Waals surface area (Å²) in [6.07, 6.45) is 5.62. The van der Waals surface area contributed by atoms with E-state index in [1.54, 1.807) is 6.20 Å². The van der Waals surface area contributed by atoms with Crippen molar-refractivity contribution in [3.05, 3.63) is 23.9 Å². The van der Waals surface area contributed by atoms with Crippen LogP contribution < -0.4 is 5.73 Å². The molecular formula is C9H13N3. The predicted octanol–water partition coefficient (Wildman–Crippen LogP) is 1.13. The topological polar surface area (TPSA) is 50.7 Å². The van der Waals surface area contributed by atoms with Gasteiger partial charge in [0, 0.05) is 18.3 Å². The van der Waals surface area contributed by atoms with Crippen molar-refractivity contribution in [1.82, 2.24) is 0 Å². The smallest absolute Gasteiger partial charge is 0.127 e. The van der Waals surface area contributed by atoms with E-state index in [0.29, 0.717) is 11.8 Å². The van der Waals surface area contributed by atoms with Gasteiger partial charge >= 0.3 is 0 Å². The lowest BCUT2D eigenvalue weighted by Crippen LogP contribution is -2.13. The van der Waals surface area contributed by atoms with E-state index in [0.717, 1.165) is 12.1 Å². The van der Waals surface area contributed by atoms with Gasteiger partial charge in [0.25, 0.3) is 0 Å². The van der Waals surface area contributed by atoms with Gasteiger partial charge < -0.3 is 5.73 Å². The van der Waals surface area contributed by atoms with Gasteiger partial charge in [0.2, 0.25) is 0 Å². The number of hydrogen-bond acceptors (Lipinski definition) is 3. The highest BCUT2D eigenvalue weighted by atomic mass is 14.9. The van der Waals surface area contributed by atoms with Crippen molar-refractivity contribution in [1.29, 1.82) is 0 Å². The minimum atomic E-state index is 0.444. The fourth-order valence-electron chi connectivity index (χ4n) is 0.955. The molecule has 0 saturated heterocycles. The molecular weight excluding hydrogens is 150 g/mol. The molecule has 0 saturated carbocycles. The molecule has 1 aliphatic rings. The van der Waals surface area contributed by atoms with Crippen LogP contribution in [0.4, 0.5) is 0 Å². The highest BCUT2D eigenvalue weighted by Gasteiger charge is 2.05. The average Bonchev–Trinajstić information content (AvgIpc) is 2.20. The number of rotatable bonds is 1. The van der Waals surface area contributed by atoms with Gasteiger partial charge in [0.1, 0.15) is 5.84 Å². The molecule has 0 aromatic carbocycles. The minimum absolute atomic E-state index is 0.444. The van der Waals surface area contributed by atoms with E-state index >= 15 is 0 Å². The lowest BCUT2D eigenvalue weighted by atomic mass is 10.1. The lowest BCUT2D eigenvalue weighted by molar-refractivity contribution is 0.745. The van der Waals surface area contributed by atoms with Crippen LogP contribution in [0.1, 0.15) is 6.92 Å². The Bertz CT molecular complexity index is 261. The molecule has 64 valence electrons. The molecule has 0 aromatic rings. The zero-order valence-corrected chi connectivity index (χ0v) is 7.20. The average molecular weight is 163 g/mol. The summed E-state index contributed by atoms with van der Waals surface area (Å²) < 4.78 is 0. The standard InChI is InChI=1S/C9H13N3/c1-7-3-4-8(6-11-2)9(10)12-5-7/h3-4,6-7H,2,5H2,1H3,(H2,10,12)/b8-6-. The van der Waals surface area contributed by atoms with E-state index in [-0.39, 0.29) is 0 Å². The summed E-state index contributed by atoms with van der Waals surface area (Å²) in [5.41, 5.74) is 6.51. The summed E-state index contributed by atoms with van der Waals surface area (Å²) in [5.74, 6) is 0.988. The van der Waals surface area contributed by atoms with Crippen molar-refractivity contribution < 1.29 is 0 Å². The third kappa shape index (κ3) is 2.05. The molecule has 0 radical (unpaired) electrons. The molecule has 1 rings (SSSR count). The molecule has 1 heterocycles. The first-order valence-corrected chi connectivity index (χ1v) is 3.88. The maximum absolute atomic E-state index is 5.67. The Morgan fingerprint density at radius 3 is 3.25 bits per heavy atom. The number of amidine groups is 1. The van der Waals surface area contributed by atoms with E-state index in [1.807, 2.05) is 6.08 Å². The Balaban J connectivity index is 2.93. The fraction of sp³-hybridized carbons (Fsp3) is 0.333. The molecule has 1 atom stereocenters. The van der Waals surface area contributed by atoms with Gasteiger partial charge in [-0.25, -0.2) is 0 Å². The third-order valence-electron chi connectivity index (χ3n) is 1.68. The summed E-state index contributed by atoms with van der Waals surface area (Å²) in [5, 5.41) is 0. The van der Waals surface area contributed by atoms with E-state index in [1.165, 1.54) is 0 Å². The molecule has 1 aliphatic heterocycles. The van der Waals surface area contributed by atoms with E-state index < -0.39 is 0 Å². The van der Waals surface area contributed by atoms with Crippen LogP contribution in [0.3, 0.4) is 0 Å². The van der Waals surface area contributed by atoms with E-state index in [4.69, 9.17) is 5.73 Å². The van der Waals surface area contributed by atoms with Gasteiger partial charge in [-0.1, -0.05) is 19.1 Å². The largest absolute Gasteiger partial charge is 0.383 e. The molecule has 0 aromatic heterocycles. The second kappa shape index (κ2) is 3.85. The summed E-state index contributed by atoms with van der Waals surface area (Å²) in [6, 6.07) is 0. The number of aliphatic imine (C=N–C) groups is 2. The SMILES string of the molecule is C=N/C=C1/C=CC(C)CN=C1N. The molecule has 2 N–H and O–H groups in total. The maximum atomic E-state index is 5.67. The van der Waals surface area contributed by atoms with Crippen molar-refractivity contribution in [3.63, 3.8) is 0 Å². The predicted molar refractivity (Wildman–Crippen MR) is 52.4 cm³/mol. The molecule has 0 bridgehead atoms. The summed E-state index contributed by atoms with van der Waals surface area (Å²) in [6.45, 7) is 6.21. The van der Waals surface area contributed by atoms with Crippen molar-refractivity contribution in [2.24, 2.45) is 21.6 Å². The summed E-state index contributed by atoms with van der Waals surface area (Å²) in [7, 11) is 0.